The molecule has 0 spiro atoms. The lowest BCUT2D eigenvalue weighted by atomic mass is 9.94. The predicted octanol–water partition coefficient (Wildman–Crippen LogP) is 1.95. The molecule has 2 N–H and O–H groups in total. The Balaban J connectivity index is 2.74. The van der Waals surface area contributed by atoms with Gasteiger partial charge in [0.2, 0.25) is 0 Å². The van der Waals surface area contributed by atoms with Crippen LogP contribution in [0.4, 0.5) is 0 Å². The third-order valence-electron chi connectivity index (χ3n) is 3.34. The van der Waals surface area contributed by atoms with E-state index < -0.39 is 0 Å². The predicted molar refractivity (Wildman–Crippen MR) is 78.9 cm³/mol. The molecule has 0 saturated carbocycles. The van der Waals surface area contributed by atoms with Gasteiger partial charge in [0.05, 0.1) is 6.21 Å². The van der Waals surface area contributed by atoms with Gasteiger partial charge in [-0.25, -0.2) is 0 Å². The molecule has 0 aliphatic heterocycles. The van der Waals surface area contributed by atoms with Crippen LogP contribution in [0, 0.1) is 0 Å². The third kappa shape index (κ3) is 4.66. The Morgan fingerprint density at radius 1 is 1.45 bits per heavy atom. The number of hydrogen-bond donors (Lipinski definition) is 2. The monoisotopic (exact) mass is 278 g/mol. The fourth-order valence-electron chi connectivity index (χ4n) is 1.75. The van der Waals surface area contributed by atoms with E-state index in [1.165, 1.54) is 7.11 Å². The van der Waals surface area contributed by atoms with Gasteiger partial charge in [-0.2, -0.15) is 0 Å². The average molecular weight is 278 g/mol. The van der Waals surface area contributed by atoms with Gasteiger partial charge in [-0.1, -0.05) is 24.2 Å². The summed E-state index contributed by atoms with van der Waals surface area (Å²) in [5.74, 6) is -0.141. The van der Waals surface area contributed by atoms with Crippen molar-refractivity contribution in [2.45, 2.75) is 32.2 Å². The van der Waals surface area contributed by atoms with E-state index in [2.05, 4.69) is 15.3 Å². The standard InChI is InChI=1S/C15H22N2O3/c1-4-15(2,9-10-18)17-14(19)13-7-5-12(6-8-13)11-16-20-3/h5-8,11,18H,4,9-10H2,1-3H3,(H,17,19)/b16-11+. The van der Waals surface area contributed by atoms with Gasteiger partial charge >= 0.3 is 0 Å². The maximum absolute atomic E-state index is 12.2. The van der Waals surface area contributed by atoms with Gasteiger partial charge in [-0.05, 0) is 37.5 Å². The summed E-state index contributed by atoms with van der Waals surface area (Å²) in [5, 5.41) is 15.7. The summed E-state index contributed by atoms with van der Waals surface area (Å²) in [6, 6.07) is 7.07. The number of hydrogen-bond acceptors (Lipinski definition) is 4. The normalized spacial score (nSPS) is 14.0. The maximum atomic E-state index is 12.2. The largest absolute Gasteiger partial charge is 0.399 e. The van der Waals surface area contributed by atoms with Crippen LogP contribution in [-0.2, 0) is 4.84 Å². The Bertz CT molecular complexity index is 457. The van der Waals surface area contributed by atoms with E-state index in [0.717, 1.165) is 12.0 Å². The van der Waals surface area contributed by atoms with Crippen molar-refractivity contribution in [3.63, 3.8) is 0 Å². The van der Waals surface area contributed by atoms with Gasteiger partial charge in [-0.15, -0.1) is 0 Å². The van der Waals surface area contributed by atoms with Gasteiger partial charge in [0.25, 0.3) is 5.91 Å². The van der Waals surface area contributed by atoms with Crippen LogP contribution in [0.1, 0.15) is 42.6 Å². The zero-order valence-electron chi connectivity index (χ0n) is 12.2. The maximum Gasteiger partial charge on any atom is 0.251 e. The zero-order valence-corrected chi connectivity index (χ0v) is 12.2. The molecule has 110 valence electrons. The summed E-state index contributed by atoms with van der Waals surface area (Å²) in [5.41, 5.74) is 1.05. The summed E-state index contributed by atoms with van der Waals surface area (Å²) in [6.45, 7) is 3.97. The minimum absolute atomic E-state index is 0.0526. The van der Waals surface area contributed by atoms with E-state index in [1.54, 1.807) is 30.5 Å². The van der Waals surface area contributed by atoms with Crippen molar-refractivity contribution in [3.05, 3.63) is 35.4 Å². The first kappa shape index (κ1) is 16.2. The van der Waals surface area contributed by atoms with E-state index in [4.69, 9.17) is 5.11 Å². The Kier molecular flexibility index (Phi) is 6.18. The average Bonchev–Trinajstić information content (AvgIpc) is 2.45. The molecule has 0 bridgehead atoms. The highest BCUT2D eigenvalue weighted by Gasteiger charge is 2.24. The molecule has 0 fully saturated rings. The minimum atomic E-state index is -0.387. The second kappa shape index (κ2) is 7.65. The molecule has 20 heavy (non-hydrogen) atoms. The summed E-state index contributed by atoms with van der Waals surface area (Å²) >= 11 is 0. The Labute approximate surface area is 119 Å². The molecule has 5 heteroatoms. The van der Waals surface area contributed by atoms with Crippen LogP contribution in [0.5, 0.6) is 0 Å². The number of benzene rings is 1. The molecule has 0 aromatic heterocycles. The first-order valence-corrected chi connectivity index (χ1v) is 6.64. The minimum Gasteiger partial charge on any atom is -0.399 e. The molecule has 0 aliphatic carbocycles. The van der Waals surface area contributed by atoms with Crippen LogP contribution < -0.4 is 5.32 Å². The number of oxime groups is 1. The van der Waals surface area contributed by atoms with Crippen molar-refractivity contribution < 1.29 is 14.7 Å². The molecule has 1 aromatic carbocycles. The molecule has 1 atom stereocenters. The van der Waals surface area contributed by atoms with Gasteiger partial charge in [-0.3, -0.25) is 4.79 Å². The van der Waals surface area contributed by atoms with E-state index >= 15 is 0 Å². The van der Waals surface area contributed by atoms with Gasteiger partial charge in [0.15, 0.2) is 0 Å². The molecule has 0 saturated heterocycles. The first-order chi connectivity index (χ1) is 9.54. The van der Waals surface area contributed by atoms with Crippen molar-refractivity contribution in [2.75, 3.05) is 13.7 Å². The smallest absolute Gasteiger partial charge is 0.251 e. The van der Waals surface area contributed by atoms with E-state index in [0.29, 0.717) is 12.0 Å². The SMILES string of the molecule is CCC(C)(CCO)NC(=O)c1ccc(/C=N/OC)cc1. The zero-order chi connectivity index (χ0) is 15.0. The van der Waals surface area contributed by atoms with Crippen molar-refractivity contribution in [1.29, 1.82) is 0 Å². The molecule has 0 radical (unpaired) electrons. The quantitative estimate of drug-likeness (QED) is 0.591. The molecule has 1 amide bonds. The molecule has 0 aliphatic rings. The number of nitrogens with one attached hydrogen (secondary N) is 1. The molecule has 5 nitrogen and oxygen atoms in total. The summed E-state index contributed by atoms with van der Waals surface area (Å²) in [6.07, 6.45) is 2.87. The number of aliphatic hydroxyl groups excluding tert-OH is 1. The second-order valence-electron chi connectivity index (χ2n) is 4.88. The van der Waals surface area contributed by atoms with E-state index in [1.807, 2.05) is 13.8 Å². The molecule has 1 aromatic rings. The van der Waals surface area contributed by atoms with Crippen LogP contribution >= 0.6 is 0 Å². The number of nitrogens with zero attached hydrogens (tertiary/aromatic N) is 1. The lowest BCUT2D eigenvalue weighted by molar-refractivity contribution is 0.0886. The van der Waals surface area contributed by atoms with Crippen LogP contribution in [0.3, 0.4) is 0 Å². The van der Waals surface area contributed by atoms with Crippen molar-refractivity contribution in [1.82, 2.24) is 5.32 Å². The second-order valence-corrected chi connectivity index (χ2v) is 4.88. The fraction of sp³-hybridized carbons (Fsp3) is 0.467. The van der Waals surface area contributed by atoms with Crippen LogP contribution in [0.2, 0.25) is 0 Å². The third-order valence-corrected chi connectivity index (χ3v) is 3.34. The number of rotatable bonds is 7. The van der Waals surface area contributed by atoms with E-state index in [-0.39, 0.29) is 18.1 Å². The fourth-order valence-corrected chi connectivity index (χ4v) is 1.75. The van der Waals surface area contributed by atoms with Crippen LogP contribution in [0.15, 0.2) is 29.4 Å². The Morgan fingerprint density at radius 3 is 2.60 bits per heavy atom. The Hall–Kier alpha value is -1.88. The van der Waals surface area contributed by atoms with Crippen molar-refractivity contribution in [2.24, 2.45) is 5.16 Å². The van der Waals surface area contributed by atoms with Crippen molar-refractivity contribution in [3.8, 4) is 0 Å². The lowest BCUT2D eigenvalue weighted by Gasteiger charge is -2.29. The number of carbonyl (C=O) groups excluding carboxylic acids is 1. The summed E-state index contributed by atoms with van der Waals surface area (Å²) in [7, 11) is 1.48. The lowest BCUT2D eigenvalue weighted by Crippen LogP contribution is -2.46. The van der Waals surface area contributed by atoms with Gasteiger partial charge in [0.1, 0.15) is 7.11 Å². The highest BCUT2D eigenvalue weighted by molar-refractivity contribution is 5.95. The van der Waals surface area contributed by atoms with Crippen molar-refractivity contribution >= 4 is 12.1 Å². The molecule has 0 heterocycles. The first-order valence-electron chi connectivity index (χ1n) is 6.64. The summed E-state index contributed by atoms with van der Waals surface area (Å²) < 4.78 is 0. The molecular formula is C15H22N2O3. The molecule has 1 rings (SSSR count). The molecular weight excluding hydrogens is 256 g/mol. The van der Waals surface area contributed by atoms with Gasteiger partial charge < -0.3 is 15.3 Å². The number of carbonyl (C=O) groups is 1. The topological polar surface area (TPSA) is 70.9 Å². The Morgan fingerprint density at radius 2 is 2.10 bits per heavy atom. The highest BCUT2D eigenvalue weighted by Crippen LogP contribution is 2.15. The highest BCUT2D eigenvalue weighted by atomic mass is 16.6. The number of amides is 1. The molecule has 1 unspecified atom stereocenters. The van der Waals surface area contributed by atoms with E-state index in [9.17, 15) is 4.79 Å². The summed E-state index contributed by atoms with van der Waals surface area (Å²) in [4.78, 5) is 16.8. The van der Waals surface area contributed by atoms with Crippen LogP contribution in [0.25, 0.3) is 0 Å². The van der Waals surface area contributed by atoms with Gasteiger partial charge in [0, 0.05) is 17.7 Å². The number of aliphatic hydroxyl groups is 1. The van der Waals surface area contributed by atoms with Crippen LogP contribution in [-0.4, -0.2) is 36.5 Å².